The highest BCUT2D eigenvalue weighted by Crippen LogP contribution is 2.26. The van der Waals surface area contributed by atoms with Gasteiger partial charge in [-0.3, -0.25) is 0 Å². The Hall–Kier alpha value is -0.930. The minimum Gasteiger partial charge on any atom is -0.495 e. The molecule has 72 valence electrons. The molecule has 0 fully saturated rings. The molecule has 0 atom stereocenters. The first-order valence-electron chi connectivity index (χ1n) is 4.05. The molecule has 4 heteroatoms. The summed E-state index contributed by atoms with van der Waals surface area (Å²) in [5, 5.41) is 3.72. The lowest BCUT2D eigenvalue weighted by molar-refractivity contribution is 0.415. The van der Waals surface area contributed by atoms with Crippen molar-refractivity contribution in [3.63, 3.8) is 0 Å². The van der Waals surface area contributed by atoms with Gasteiger partial charge in [0.15, 0.2) is 0 Å². The fraction of sp³-hybridized carbons (Fsp3) is 0.333. The number of anilines is 1. The summed E-state index contributed by atoms with van der Waals surface area (Å²) in [6, 6.07) is 5.54. The number of halogens is 1. The van der Waals surface area contributed by atoms with Gasteiger partial charge in [0.2, 0.25) is 0 Å². The van der Waals surface area contributed by atoms with E-state index >= 15 is 0 Å². The summed E-state index contributed by atoms with van der Waals surface area (Å²) in [6.45, 7) is 1.34. The number of benzene rings is 1. The van der Waals surface area contributed by atoms with Crippen molar-refractivity contribution in [2.75, 3.05) is 25.5 Å². The van der Waals surface area contributed by atoms with Crippen LogP contribution in [-0.2, 0) is 0 Å². The monoisotopic (exact) mass is 200 g/mol. The molecule has 1 aromatic rings. The Balaban J connectivity index is 2.71. The molecular formula is C9H13ClN2O. The van der Waals surface area contributed by atoms with E-state index in [-0.39, 0.29) is 0 Å². The summed E-state index contributed by atoms with van der Waals surface area (Å²) in [6.07, 6.45) is 0. The zero-order chi connectivity index (χ0) is 9.68. The van der Waals surface area contributed by atoms with Gasteiger partial charge in [0.25, 0.3) is 0 Å². The number of ether oxygens (including phenoxy) is 1. The van der Waals surface area contributed by atoms with Gasteiger partial charge in [0, 0.05) is 18.8 Å². The summed E-state index contributed by atoms with van der Waals surface area (Å²) in [5.41, 5.74) is 6.31. The number of methoxy groups -OCH3 is 1. The molecule has 0 saturated carbocycles. The maximum atomic E-state index is 5.91. The molecule has 0 aromatic heterocycles. The van der Waals surface area contributed by atoms with E-state index in [1.54, 1.807) is 7.11 Å². The Morgan fingerprint density at radius 3 is 2.85 bits per heavy atom. The predicted octanol–water partition coefficient (Wildman–Crippen LogP) is 1.72. The molecule has 0 aliphatic carbocycles. The lowest BCUT2D eigenvalue weighted by atomic mass is 10.3. The topological polar surface area (TPSA) is 47.3 Å². The first kappa shape index (κ1) is 10.2. The van der Waals surface area contributed by atoms with E-state index in [0.717, 1.165) is 12.2 Å². The zero-order valence-electron chi connectivity index (χ0n) is 7.51. The normalized spacial score (nSPS) is 9.77. The number of hydrogen-bond acceptors (Lipinski definition) is 3. The first-order valence-corrected chi connectivity index (χ1v) is 4.43. The first-order chi connectivity index (χ1) is 6.27. The number of rotatable bonds is 4. The third kappa shape index (κ3) is 2.79. The van der Waals surface area contributed by atoms with Crippen molar-refractivity contribution in [3.05, 3.63) is 23.2 Å². The van der Waals surface area contributed by atoms with Gasteiger partial charge in [-0.25, -0.2) is 0 Å². The third-order valence-electron chi connectivity index (χ3n) is 1.63. The van der Waals surface area contributed by atoms with E-state index in [4.69, 9.17) is 22.1 Å². The molecule has 0 spiro atoms. The van der Waals surface area contributed by atoms with Gasteiger partial charge in [-0.05, 0) is 18.2 Å². The number of hydrogen-bond donors (Lipinski definition) is 2. The highest BCUT2D eigenvalue weighted by molar-refractivity contribution is 6.32. The Labute approximate surface area is 82.8 Å². The molecule has 0 heterocycles. The van der Waals surface area contributed by atoms with Crippen molar-refractivity contribution >= 4 is 17.3 Å². The fourth-order valence-electron chi connectivity index (χ4n) is 0.993. The lowest BCUT2D eigenvalue weighted by Crippen LogP contribution is -2.12. The molecule has 0 aliphatic rings. The third-order valence-corrected chi connectivity index (χ3v) is 1.92. The Morgan fingerprint density at radius 1 is 1.54 bits per heavy atom. The molecule has 3 nitrogen and oxygen atoms in total. The highest BCUT2D eigenvalue weighted by Gasteiger charge is 2.00. The summed E-state index contributed by atoms with van der Waals surface area (Å²) in [7, 11) is 1.59. The standard InChI is InChI=1S/C9H13ClN2O/c1-13-9-3-2-7(6-8(9)10)12-5-4-11/h2-3,6,12H,4-5,11H2,1H3. The summed E-state index contributed by atoms with van der Waals surface area (Å²) < 4.78 is 5.02. The molecular weight excluding hydrogens is 188 g/mol. The maximum absolute atomic E-state index is 5.91. The Bertz CT molecular complexity index is 278. The molecule has 0 unspecified atom stereocenters. The summed E-state index contributed by atoms with van der Waals surface area (Å²) in [4.78, 5) is 0. The molecule has 13 heavy (non-hydrogen) atoms. The van der Waals surface area contributed by atoms with E-state index in [9.17, 15) is 0 Å². The van der Waals surface area contributed by atoms with Crippen LogP contribution in [0.25, 0.3) is 0 Å². The molecule has 0 bridgehead atoms. The van der Waals surface area contributed by atoms with E-state index in [2.05, 4.69) is 5.32 Å². The van der Waals surface area contributed by atoms with Crippen LogP contribution in [0.4, 0.5) is 5.69 Å². The summed E-state index contributed by atoms with van der Waals surface area (Å²) in [5.74, 6) is 0.681. The average Bonchev–Trinajstić information content (AvgIpc) is 2.15. The zero-order valence-corrected chi connectivity index (χ0v) is 8.27. The minimum absolute atomic E-state index is 0.601. The number of nitrogens with one attached hydrogen (secondary N) is 1. The van der Waals surface area contributed by atoms with Crippen LogP contribution in [0.15, 0.2) is 18.2 Å². The number of nitrogens with two attached hydrogens (primary N) is 1. The highest BCUT2D eigenvalue weighted by atomic mass is 35.5. The summed E-state index contributed by atoms with van der Waals surface area (Å²) >= 11 is 5.91. The van der Waals surface area contributed by atoms with Crippen molar-refractivity contribution in [2.24, 2.45) is 5.73 Å². The molecule has 0 amide bonds. The molecule has 0 aliphatic heterocycles. The van der Waals surface area contributed by atoms with Gasteiger partial charge >= 0.3 is 0 Å². The van der Waals surface area contributed by atoms with Crippen LogP contribution in [0.3, 0.4) is 0 Å². The second-order valence-electron chi connectivity index (χ2n) is 2.56. The van der Waals surface area contributed by atoms with Crippen molar-refractivity contribution in [1.82, 2.24) is 0 Å². The van der Waals surface area contributed by atoms with Gasteiger partial charge in [-0.2, -0.15) is 0 Å². The van der Waals surface area contributed by atoms with Gasteiger partial charge in [0.05, 0.1) is 12.1 Å². The van der Waals surface area contributed by atoms with Crippen LogP contribution in [0.5, 0.6) is 5.75 Å². The van der Waals surface area contributed by atoms with E-state index in [1.165, 1.54) is 0 Å². The molecule has 3 N–H and O–H groups in total. The van der Waals surface area contributed by atoms with E-state index < -0.39 is 0 Å². The lowest BCUT2D eigenvalue weighted by Gasteiger charge is -2.07. The van der Waals surface area contributed by atoms with Gasteiger partial charge < -0.3 is 15.8 Å². The molecule has 1 rings (SSSR count). The van der Waals surface area contributed by atoms with Gasteiger partial charge in [0.1, 0.15) is 5.75 Å². The van der Waals surface area contributed by atoms with Crippen molar-refractivity contribution in [3.8, 4) is 5.75 Å². The van der Waals surface area contributed by atoms with Crippen LogP contribution < -0.4 is 15.8 Å². The van der Waals surface area contributed by atoms with Crippen molar-refractivity contribution in [1.29, 1.82) is 0 Å². The van der Waals surface area contributed by atoms with Crippen LogP contribution in [0.2, 0.25) is 5.02 Å². The largest absolute Gasteiger partial charge is 0.495 e. The van der Waals surface area contributed by atoms with Crippen molar-refractivity contribution < 1.29 is 4.74 Å². The molecule has 1 aromatic carbocycles. The van der Waals surface area contributed by atoms with Gasteiger partial charge in [-0.1, -0.05) is 11.6 Å². The van der Waals surface area contributed by atoms with Crippen molar-refractivity contribution in [2.45, 2.75) is 0 Å². The minimum atomic E-state index is 0.601. The average molecular weight is 201 g/mol. The van der Waals surface area contributed by atoms with E-state index in [1.807, 2.05) is 18.2 Å². The Morgan fingerprint density at radius 2 is 2.31 bits per heavy atom. The van der Waals surface area contributed by atoms with Gasteiger partial charge in [-0.15, -0.1) is 0 Å². The van der Waals surface area contributed by atoms with Crippen LogP contribution >= 0.6 is 11.6 Å². The van der Waals surface area contributed by atoms with Crippen LogP contribution in [0, 0.1) is 0 Å². The Kier molecular flexibility index (Phi) is 3.86. The van der Waals surface area contributed by atoms with E-state index in [0.29, 0.717) is 17.3 Å². The SMILES string of the molecule is COc1ccc(NCCN)cc1Cl. The van der Waals surface area contributed by atoms with Crippen LogP contribution in [0.1, 0.15) is 0 Å². The predicted molar refractivity (Wildman–Crippen MR) is 55.5 cm³/mol. The molecule has 0 radical (unpaired) electrons. The second-order valence-corrected chi connectivity index (χ2v) is 2.97. The molecule has 0 saturated heterocycles. The maximum Gasteiger partial charge on any atom is 0.137 e. The van der Waals surface area contributed by atoms with Crippen LogP contribution in [-0.4, -0.2) is 20.2 Å². The second kappa shape index (κ2) is 4.94. The smallest absolute Gasteiger partial charge is 0.137 e. The quantitative estimate of drug-likeness (QED) is 0.778. The fourth-order valence-corrected chi connectivity index (χ4v) is 1.25.